The molecule has 0 saturated heterocycles. The summed E-state index contributed by atoms with van der Waals surface area (Å²) in [6.45, 7) is 3.57. The Kier molecular flexibility index (Phi) is 2.69. The number of nitro groups is 1. The molecule has 0 fully saturated rings. The first-order chi connectivity index (χ1) is 6.56. The van der Waals surface area contributed by atoms with Crippen LogP contribution in [0.25, 0.3) is 10.4 Å². The Hall–Kier alpha value is -2.07. The van der Waals surface area contributed by atoms with Gasteiger partial charge in [0.15, 0.2) is 0 Å². The lowest BCUT2D eigenvalue weighted by atomic mass is 10.1. The maximum Gasteiger partial charge on any atom is 0.279 e. The number of nitrogens with zero attached hydrogens (tertiary/aromatic N) is 4. The Bertz CT molecular complexity index is 408. The first-order valence-corrected chi connectivity index (χ1v) is 3.87. The van der Waals surface area contributed by atoms with E-state index >= 15 is 0 Å². The van der Waals surface area contributed by atoms with E-state index in [4.69, 9.17) is 5.53 Å². The third kappa shape index (κ3) is 1.81. The molecule has 72 valence electrons. The molecule has 1 aromatic rings. The summed E-state index contributed by atoms with van der Waals surface area (Å²) in [5.74, 6) is 0. The lowest BCUT2D eigenvalue weighted by Gasteiger charge is -2.01. The van der Waals surface area contributed by atoms with Crippen LogP contribution in [0.1, 0.15) is 11.1 Å². The number of hydrogen-bond donors (Lipinski definition) is 0. The summed E-state index contributed by atoms with van der Waals surface area (Å²) >= 11 is 0. The predicted octanol–water partition coefficient (Wildman–Crippen LogP) is 3.15. The van der Waals surface area contributed by atoms with Crippen molar-refractivity contribution in [1.29, 1.82) is 0 Å². The SMILES string of the molecule is Cc1cc(N=[N+]=[N-])c([N+](=O)[O-])cc1C. The highest BCUT2D eigenvalue weighted by Gasteiger charge is 2.13. The second kappa shape index (κ2) is 3.76. The maximum absolute atomic E-state index is 10.6. The van der Waals surface area contributed by atoms with Gasteiger partial charge in [-0.3, -0.25) is 10.1 Å². The fourth-order valence-corrected chi connectivity index (χ4v) is 1.06. The maximum atomic E-state index is 10.6. The standard InChI is InChI=1S/C8H8N4O2/c1-5-3-7(10-11-9)8(12(13)14)4-6(5)2/h3-4H,1-2H3. The van der Waals surface area contributed by atoms with E-state index in [-0.39, 0.29) is 11.4 Å². The first kappa shape index (κ1) is 10.0. The molecular weight excluding hydrogens is 184 g/mol. The second-order valence-corrected chi connectivity index (χ2v) is 2.87. The fourth-order valence-electron chi connectivity index (χ4n) is 1.06. The topological polar surface area (TPSA) is 91.9 Å². The molecule has 6 nitrogen and oxygen atoms in total. The number of benzene rings is 1. The molecule has 0 aliphatic carbocycles. The Labute approximate surface area is 79.9 Å². The van der Waals surface area contributed by atoms with Crippen LogP contribution in [-0.2, 0) is 0 Å². The molecule has 0 radical (unpaired) electrons. The summed E-state index contributed by atoms with van der Waals surface area (Å²) < 4.78 is 0. The molecule has 0 spiro atoms. The summed E-state index contributed by atoms with van der Waals surface area (Å²) in [5, 5.41) is 13.9. The van der Waals surface area contributed by atoms with E-state index in [1.165, 1.54) is 12.1 Å². The molecule has 0 unspecified atom stereocenters. The normalized spacial score (nSPS) is 9.29. The van der Waals surface area contributed by atoms with Crippen LogP contribution in [0.15, 0.2) is 17.2 Å². The van der Waals surface area contributed by atoms with Crippen molar-refractivity contribution in [1.82, 2.24) is 0 Å². The molecule has 1 rings (SSSR count). The molecule has 1 aromatic carbocycles. The molecule has 0 amide bonds. The van der Waals surface area contributed by atoms with Gasteiger partial charge in [-0.1, -0.05) is 5.11 Å². The van der Waals surface area contributed by atoms with Crippen LogP contribution < -0.4 is 0 Å². The van der Waals surface area contributed by atoms with Crippen molar-refractivity contribution in [2.24, 2.45) is 5.11 Å². The van der Waals surface area contributed by atoms with Crippen LogP contribution in [-0.4, -0.2) is 4.92 Å². The molecule has 0 bridgehead atoms. The van der Waals surface area contributed by atoms with E-state index in [2.05, 4.69) is 10.0 Å². The average Bonchev–Trinajstić information content (AvgIpc) is 2.11. The lowest BCUT2D eigenvalue weighted by molar-refractivity contribution is -0.384. The van der Waals surface area contributed by atoms with Gasteiger partial charge in [-0.05, 0) is 36.6 Å². The molecule has 0 aliphatic heterocycles. The first-order valence-electron chi connectivity index (χ1n) is 3.87. The molecule has 6 heteroatoms. The van der Waals surface area contributed by atoms with E-state index in [1.54, 1.807) is 13.8 Å². The molecule has 0 N–H and O–H groups in total. The van der Waals surface area contributed by atoms with Crippen LogP contribution in [0.2, 0.25) is 0 Å². The van der Waals surface area contributed by atoms with Gasteiger partial charge in [-0.25, -0.2) is 0 Å². The number of rotatable bonds is 2. The Morgan fingerprint density at radius 1 is 1.43 bits per heavy atom. The fraction of sp³-hybridized carbons (Fsp3) is 0.250. The summed E-state index contributed by atoms with van der Waals surface area (Å²) in [5.41, 5.74) is 9.78. The summed E-state index contributed by atoms with van der Waals surface area (Å²) in [4.78, 5) is 12.6. The summed E-state index contributed by atoms with van der Waals surface area (Å²) in [6, 6.07) is 2.91. The van der Waals surface area contributed by atoms with Gasteiger partial charge in [0, 0.05) is 11.0 Å². The third-order valence-electron chi connectivity index (χ3n) is 1.94. The summed E-state index contributed by atoms with van der Waals surface area (Å²) in [6.07, 6.45) is 0. The van der Waals surface area contributed by atoms with Gasteiger partial charge in [0.1, 0.15) is 5.69 Å². The average molecular weight is 192 g/mol. The molecular formula is C8H8N4O2. The van der Waals surface area contributed by atoms with E-state index in [1.807, 2.05) is 0 Å². The van der Waals surface area contributed by atoms with Crippen molar-refractivity contribution in [3.63, 3.8) is 0 Å². The summed E-state index contributed by atoms with van der Waals surface area (Å²) in [7, 11) is 0. The van der Waals surface area contributed by atoms with Crippen molar-refractivity contribution >= 4 is 11.4 Å². The van der Waals surface area contributed by atoms with Crippen LogP contribution in [0, 0.1) is 24.0 Å². The van der Waals surface area contributed by atoms with Gasteiger partial charge in [0.05, 0.1) is 4.92 Å². The van der Waals surface area contributed by atoms with Crippen LogP contribution in [0.5, 0.6) is 0 Å². The Morgan fingerprint density at radius 2 is 2.00 bits per heavy atom. The molecule has 0 saturated carbocycles. The second-order valence-electron chi connectivity index (χ2n) is 2.87. The molecule has 0 aromatic heterocycles. The minimum atomic E-state index is -0.559. The van der Waals surface area contributed by atoms with Crippen LogP contribution in [0.4, 0.5) is 11.4 Å². The highest BCUT2D eigenvalue weighted by molar-refractivity contribution is 5.60. The van der Waals surface area contributed by atoms with E-state index in [0.717, 1.165) is 11.1 Å². The van der Waals surface area contributed by atoms with Crippen LogP contribution in [0.3, 0.4) is 0 Å². The predicted molar refractivity (Wildman–Crippen MR) is 51.4 cm³/mol. The largest absolute Gasteiger partial charge is 0.279 e. The molecule has 0 aliphatic rings. The Morgan fingerprint density at radius 3 is 2.50 bits per heavy atom. The third-order valence-corrected chi connectivity index (χ3v) is 1.94. The number of aryl methyl sites for hydroxylation is 2. The Balaban J connectivity index is 3.45. The van der Waals surface area contributed by atoms with Crippen molar-refractivity contribution < 1.29 is 4.92 Å². The lowest BCUT2D eigenvalue weighted by Crippen LogP contribution is -1.91. The van der Waals surface area contributed by atoms with Crippen molar-refractivity contribution in [2.45, 2.75) is 13.8 Å². The number of hydrogen-bond acceptors (Lipinski definition) is 3. The van der Waals surface area contributed by atoms with Gasteiger partial charge in [0.25, 0.3) is 5.69 Å². The van der Waals surface area contributed by atoms with E-state index in [9.17, 15) is 10.1 Å². The van der Waals surface area contributed by atoms with Crippen molar-refractivity contribution in [2.75, 3.05) is 0 Å². The minimum Gasteiger partial charge on any atom is -0.258 e. The van der Waals surface area contributed by atoms with Gasteiger partial charge >= 0.3 is 0 Å². The van der Waals surface area contributed by atoms with E-state index < -0.39 is 4.92 Å². The van der Waals surface area contributed by atoms with Crippen LogP contribution >= 0.6 is 0 Å². The number of azide groups is 1. The van der Waals surface area contributed by atoms with Gasteiger partial charge in [-0.15, -0.1) is 0 Å². The highest BCUT2D eigenvalue weighted by atomic mass is 16.6. The molecule has 0 heterocycles. The zero-order valence-corrected chi connectivity index (χ0v) is 7.76. The highest BCUT2D eigenvalue weighted by Crippen LogP contribution is 2.30. The van der Waals surface area contributed by atoms with Gasteiger partial charge < -0.3 is 0 Å². The zero-order chi connectivity index (χ0) is 10.7. The minimum absolute atomic E-state index is 0.0561. The van der Waals surface area contributed by atoms with Crippen molar-refractivity contribution in [3.05, 3.63) is 43.8 Å². The monoisotopic (exact) mass is 192 g/mol. The van der Waals surface area contributed by atoms with Gasteiger partial charge in [-0.2, -0.15) is 0 Å². The van der Waals surface area contributed by atoms with Crippen molar-refractivity contribution in [3.8, 4) is 0 Å². The molecule has 0 atom stereocenters. The zero-order valence-electron chi connectivity index (χ0n) is 7.76. The van der Waals surface area contributed by atoms with Gasteiger partial charge in [0.2, 0.25) is 0 Å². The van der Waals surface area contributed by atoms with E-state index in [0.29, 0.717) is 0 Å². The smallest absolute Gasteiger partial charge is 0.258 e. The number of nitro benzene ring substituents is 1. The molecule has 14 heavy (non-hydrogen) atoms. The quantitative estimate of drug-likeness (QED) is 0.236.